The van der Waals surface area contributed by atoms with E-state index >= 15 is 0 Å². The number of rotatable bonds is 2. The number of hydrogen-bond donors (Lipinski definition) is 1. The van der Waals surface area contributed by atoms with Crippen LogP contribution in [0, 0.1) is 17.0 Å². The molecule has 1 N–H and O–H groups in total. The van der Waals surface area contributed by atoms with Gasteiger partial charge in [0, 0.05) is 10.5 Å². The molecule has 74 valence electrons. The van der Waals surface area contributed by atoms with Gasteiger partial charge in [0.1, 0.15) is 0 Å². The van der Waals surface area contributed by atoms with Gasteiger partial charge in [-0.3, -0.25) is 10.1 Å². The summed E-state index contributed by atoms with van der Waals surface area (Å²) in [5, 5.41) is 19.3. The molecule has 0 atom stereocenters. The van der Waals surface area contributed by atoms with E-state index in [9.17, 15) is 14.9 Å². The number of nitro groups is 1. The lowest BCUT2D eigenvalue weighted by Crippen LogP contribution is -2.04. The van der Waals surface area contributed by atoms with E-state index in [4.69, 9.17) is 5.11 Å². The quantitative estimate of drug-likeness (QED) is 0.653. The van der Waals surface area contributed by atoms with Gasteiger partial charge in [-0.1, -0.05) is 6.07 Å². The third kappa shape index (κ3) is 1.74. The van der Waals surface area contributed by atoms with Crippen molar-refractivity contribution in [1.29, 1.82) is 0 Å². The van der Waals surface area contributed by atoms with Crippen LogP contribution in [0.25, 0.3) is 0 Å². The summed E-state index contributed by atoms with van der Waals surface area (Å²) >= 11 is 3.01. The maximum Gasteiger partial charge on any atom is 0.343 e. The van der Waals surface area contributed by atoms with Crippen LogP contribution in [0.5, 0.6) is 0 Å². The Hall–Kier alpha value is -1.43. The van der Waals surface area contributed by atoms with Crippen LogP contribution in [-0.4, -0.2) is 16.0 Å². The third-order valence-electron chi connectivity index (χ3n) is 1.72. The molecular weight excluding hydrogens is 254 g/mol. The standard InChI is InChI=1S/C8H6BrNO4/c1-4-2-3-5(10(13)14)6(7(4)9)8(11)12/h2-3H,1H3,(H,11,12). The minimum atomic E-state index is -1.31. The van der Waals surface area contributed by atoms with Crippen molar-refractivity contribution < 1.29 is 14.8 Å². The van der Waals surface area contributed by atoms with Crippen LogP contribution >= 0.6 is 15.9 Å². The first-order valence-electron chi connectivity index (χ1n) is 3.62. The molecule has 0 spiro atoms. The normalized spacial score (nSPS) is 9.86. The van der Waals surface area contributed by atoms with Crippen molar-refractivity contribution in [1.82, 2.24) is 0 Å². The molecule has 0 aliphatic rings. The Morgan fingerprint density at radius 1 is 1.57 bits per heavy atom. The highest BCUT2D eigenvalue weighted by Crippen LogP contribution is 2.29. The molecular formula is C8H6BrNO4. The van der Waals surface area contributed by atoms with Gasteiger partial charge >= 0.3 is 5.97 Å². The van der Waals surface area contributed by atoms with Gasteiger partial charge in [-0.2, -0.15) is 0 Å². The van der Waals surface area contributed by atoms with Crippen LogP contribution in [-0.2, 0) is 0 Å². The van der Waals surface area contributed by atoms with E-state index in [1.54, 1.807) is 6.92 Å². The van der Waals surface area contributed by atoms with Crippen LogP contribution in [0.2, 0.25) is 0 Å². The second kappa shape index (κ2) is 3.75. The van der Waals surface area contributed by atoms with Crippen LogP contribution in [0.1, 0.15) is 15.9 Å². The molecule has 14 heavy (non-hydrogen) atoms. The highest BCUT2D eigenvalue weighted by molar-refractivity contribution is 9.10. The van der Waals surface area contributed by atoms with E-state index in [1.165, 1.54) is 12.1 Å². The molecule has 1 aromatic rings. The summed E-state index contributed by atoms with van der Waals surface area (Å²) < 4.78 is 0.249. The topological polar surface area (TPSA) is 80.4 Å². The summed E-state index contributed by atoms with van der Waals surface area (Å²) in [5.74, 6) is -1.31. The van der Waals surface area contributed by atoms with Gasteiger partial charge in [0.05, 0.1) is 4.92 Å². The fraction of sp³-hybridized carbons (Fsp3) is 0.125. The molecule has 6 heteroatoms. The first-order valence-corrected chi connectivity index (χ1v) is 4.41. The largest absolute Gasteiger partial charge is 0.477 e. The molecule has 0 saturated carbocycles. The maximum atomic E-state index is 10.8. The molecule has 5 nitrogen and oxygen atoms in total. The molecule has 0 heterocycles. The van der Waals surface area contributed by atoms with Crippen LogP contribution in [0.4, 0.5) is 5.69 Å². The number of benzene rings is 1. The third-order valence-corrected chi connectivity index (χ3v) is 2.75. The smallest absolute Gasteiger partial charge is 0.343 e. The lowest BCUT2D eigenvalue weighted by Gasteiger charge is -2.03. The van der Waals surface area contributed by atoms with Crippen LogP contribution in [0.15, 0.2) is 16.6 Å². The molecule has 0 amide bonds. The monoisotopic (exact) mass is 259 g/mol. The van der Waals surface area contributed by atoms with Gasteiger partial charge in [-0.05, 0) is 28.4 Å². The first-order chi connectivity index (χ1) is 6.45. The van der Waals surface area contributed by atoms with Gasteiger partial charge in [0.2, 0.25) is 0 Å². The molecule has 0 aliphatic carbocycles. The second-order valence-electron chi connectivity index (χ2n) is 2.65. The molecule has 0 aromatic heterocycles. The summed E-state index contributed by atoms with van der Waals surface area (Å²) in [6.07, 6.45) is 0. The van der Waals surface area contributed by atoms with Gasteiger partial charge < -0.3 is 5.11 Å². The number of halogens is 1. The molecule has 0 bridgehead atoms. The summed E-state index contributed by atoms with van der Waals surface area (Å²) in [4.78, 5) is 20.6. The lowest BCUT2D eigenvalue weighted by atomic mass is 10.1. The van der Waals surface area contributed by atoms with Crippen molar-refractivity contribution in [3.05, 3.63) is 37.8 Å². The Labute approximate surface area is 87.6 Å². The number of carboxylic acids is 1. The number of carboxylic acid groups (broad SMARTS) is 1. The van der Waals surface area contributed by atoms with Crippen molar-refractivity contribution >= 4 is 27.6 Å². The SMILES string of the molecule is Cc1ccc([N+](=O)[O-])c(C(=O)O)c1Br. The fourth-order valence-electron chi connectivity index (χ4n) is 1.03. The zero-order valence-corrected chi connectivity index (χ0v) is 8.74. The van der Waals surface area contributed by atoms with E-state index in [0.29, 0.717) is 5.56 Å². The van der Waals surface area contributed by atoms with Crippen molar-refractivity contribution in [2.24, 2.45) is 0 Å². The number of hydrogen-bond acceptors (Lipinski definition) is 3. The van der Waals surface area contributed by atoms with E-state index in [0.717, 1.165) is 0 Å². The fourth-order valence-corrected chi connectivity index (χ4v) is 1.53. The average molecular weight is 260 g/mol. The summed E-state index contributed by atoms with van der Waals surface area (Å²) in [5.41, 5.74) is -0.0713. The van der Waals surface area contributed by atoms with Gasteiger partial charge in [0.15, 0.2) is 5.56 Å². The van der Waals surface area contributed by atoms with Crippen molar-refractivity contribution in [3.8, 4) is 0 Å². The Balaban J connectivity index is 3.53. The summed E-state index contributed by atoms with van der Waals surface area (Å²) in [6.45, 7) is 1.67. The number of aryl methyl sites for hydroxylation is 1. The number of aromatic carboxylic acids is 1. The molecule has 1 aromatic carbocycles. The van der Waals surface area contributed by atoms with Gasteiger partial charge in [-0.15, -0.1) is 0 Å². The molecule has 0 saturated heterocycles. The molecule has 0 fully saturated rings. The van der Waals surface area contributed by atoms with Crippen LogP contribution < -0.4 is 0 Å². The van der Waals surface area contributed by atoms with E-state index in [2.05, 4.69) is 15.9 Å². The predicted molar refractivity (Wildman–Crippen MR) is 52.5 cm³/mol. The Morgan fingerprint density at radius 2 is 2.14 bits per heavy atom. The second-order valence-corrected chi connectivity index (χ2v) is 3.45. The van der Waals surface area contributed by atoms with Crippen molar-refractivity contribution in [2.75, 3.05) is 0 Å². The number of nitrogens with zero attached hydrogens (tertiary/aromatic N) is 1. The van der Waals surface area contributed by atoms with E-state index in [1.807, 2.05) is 0 Å². The molecule has 0 unspecified atom stereocenters. The Morgan fingerprint density at radius 3 is 2.57 bits per heavy atom. The van der Waals surface area contributed by atoms with E-state index in [-0.39, 0.29) is 10.0 Å². The predicted octanol–water partition coefficient (Wildman–Crippen LogP) is 2.36. The zero-order chi connectivity index (χ0) is 10.9. The highest BCUT2D eigenvalue weighted by Gasteiger charge is 2.23. The summed E-state index contributed by atoms with van der Waals surface area (Å²) in [6, 6.07) is 2.68. The zero-order valence-electron chi connectivity index (χ0n) is 7.15. The number of nitro benzene ring substituents is 1. The maximum absolute atomic E-state index is 10.8. The van der Waals surface area contributed by atoms with Crippen molar-refractivity contribution in [3.63, 3.8) is 0 Å². The lowest BCUT2D eigenvalue weighted by molar-refractivity contribution is -0.385. The van der Waals surface area contributed by atoms with E-state index < -0.39 is 16.6 Å². The Bertz CT molecular complexity index is 416. The highest BCUT2D eigenvalue weighted by atomic mass is 79.9. The minimum absolute atomic E-state index is 0.249. The minimum Gasteiger partial charge on any atom is -0.477 e. The summed E-state index contributed by atoms with van der Waals surface area (Å²) in [7, 11) is 0. The first kappa shape index (κ1) is 10.6. The molecule has 0 radical (unpaired) electrons. The van der Waals surface area contributed by atoms with Crippen molar-refractivity contribution in [2.45, 2.75) is 6.92 Å². The number of carbonyl (C=O) groups is 1. The molecule has 1 rings (SSSR count). The Kier molecular flexibility index (Phi) is 2.85. The van der Waals surface area contributed by atoms with Gasteiger partial charge in [-0.25, -0.2) is 4.79 Å². The van der Waals surface area contributed by atoms with Gasteiger partial charge in [0.25, 0.3) is 5.69 Å². The average Bonchev–Trinajstić information content (AvgIpc) is 2.08. The molecule has 0 aliphatic heterocycles. The van der Waals surface area contributed by atoms with Crippen LogP contribution in [0.3, 0.4) is 0 Å².